The molecular weight excluding hydrogens is 352 g/mol. The lowest BCUT2D eigenvalue weighted by Gasteiger charge is -2.28. The van der Waals surface area contributed by atoms with Crippen molar-refractivity contribution in [2.45, 2.75) is 105 Å². The number of carbonyl (C=O) groups is 2. The first kappa shape index (κ1) is 25.0. The summed E-state index contributed by atoms with van der Waals surface area (Å²) in [7, 11) is 0. The van der Waals surface area contributed by atoms with Crippen LogP contribution in [0.15, 0.2) is 0 Å². The lowest BCUT2D eigenvalue weighted by molar-refractivity contribution is -0.163. The van der Waals surface area contributed by atoms with Gasteiger partial charge in [0, 0.05) is 0 Å². The Morgan fingerprint density at radius 3 is 1.68 bits per heavy atom. The molecule has 1 rings (SSSR count). The molecule has 0 heterocycles. The summed E-state index contributed by atoms with van der Waals surface area (Å²) < 4.78 is 10.9. The molecule has 0 radical (unpaired) electrons. The lowest BCUT2D eigenvalue weighted by Crippen LogP contribution is -2.35. The summed E-state index contributed by atoms with van der Waals surface area (Å²) in [5, 5.41) is 0. The van der Waals surface area contributed by atoms with Gasteiger partial charge in [-0.1, -0.05) is 79.1 Å². The summed E-state index contributed by atoms with van der Waals surface area (Å²) in [6.07, 6.45) is 12.8. The molecule has 0 spiro atoms. The fourth-order valence-electron chi connectivity index (χ4n) is 3.84. The molecule has 0 amide bonds. The van der Waals surface area contributed by atoms with E-state index in [0.717, 1.165) is 50.9 Å². The molecule has 0 N–H and O–H groups in total. The van der Waals surface area contributed by atoms with E-state index in [0.29, 0.717) is 19.1 Å². The van der Waals surface area contributed by atoms with Gasteiger partial charge in [-0.05, 0) is 37.5 Å². The first-order valence-electron chi connectivity index (χ1n) is 11.7. The maximum atomic E-state index is 12.5. The Morgan fingerprint density at radius 1 is 0.679 bits per heavy atom. The Morgan fingerprint density at radius 2 is 1.14 bits per heavy atom. The van der Waals surface area contributed by atoms with Crippen molar-refractivity contribution in [2.75, 3.05) is 13.2 Å². The topological polar surface area (TPSA) is 52.6 Å². The number of esters is 2. The van der Waals surface area contributed by atoms with E-state index >= 15 is 0 Å². The van der Waals surface area contributed by atoms with Gasteiger partial charge in [-0.25, -0.2) is 0 Å². The number of hydrogen-bond donors (Lipinski definition) is 0. The van der Waals surface area contributed by atoms with Crippen LogP contribution >= 0.6 is 0 Å². The van der Waals surface area contributed by atoms with Crippen molar-refractivity contribution >= 4 is 11.9 Å². The predicted molar refractivity (Wildman–Crippen MR) is 114 cm³/mol. The largest absolute Gasteiger partial charge is 0.465 e. The van der Waals surface area contributed by atoms with Crippen molar-refractivity contribution < 1.29 is 19.1 Å². The maximum Gasteiger partial charge on any atom is 0.309 e. The molecule has 0 saturated heterocycles. The molecule has 1 fully saturated rings. The number of unbranched alkanes of at least 4 members (excludes halogenated alkanes) is 5. The van der Waals surface area contributed by atoms with Gasteiger partial charge in [-0.2, -0.15) is 0 Å². The van der Waals surface area contributed by atoms with Crippen LogP contribution in [0.5, 0.6) is 0 Å². The monoisotopic (exact) mass is 396 g/mol. The van der Waals surface area contributed by atoms with Gasteiger partial charge < -0.3 is 9.47 Å². The van der Waals surface area contributed by atoms with Gasteiger partial charge in [0.25, 0.3) is 0 Å². The van der Waals surface area contributed by atoms with E-state index in [2.05, 4.69) is 27.7 Å². The molecule has 4 heteroatoms. The molecule has 1 aliphatic rings. The molecule has 0 aromatic rings. The second-order valence-corrected chi connectivity index (χ2v) is 9.32. The standard InChI is InChI=1S/C24H44O4/c1-19(2)13-9-7-5-6-8-12-17-27-23(25)21-14-10-11-15-22(21)24(26)28-18-16-20(3)4/h19-22H,5-18H2,1-4H3. The number of rotatable bonds is 14. The van der Waals surface area contributed by atoms with Gasteiger partial charge in [0.1, 0.15) is 0 Å². The van der Waals surface area contributed by atoms with Gasteiger partial charge in [0.2, 0.25) is 0 Å². The fraction of sp³-hybridized carbons (Fsp3) is 0.917. The van der Waals surface area contributed by atoms with Crippen LogP contribution in [0, 0.1) is 23.7 Å². The predicted octanol–water partition coefficient (Wildman–Crippen LogP) is 6.31. The zero-order chi connectivity index (χ0) is 20.8. The highest BCUT2D eigenvalue weighted by atomic mass is 16.5. The Hall–Kier alpha value is -1.06. The average molecular weight is 397 g/mol. The van der Waals surface area contributed by atoms with Crippen LogP contribution in [0.25, 0.3) is 0 Å². The highest BCUT2D eigenvalue weighted by molar-refractivity contribution is 5.82. The molecule has 164 valence electrons. The third-order valence-electron chi connectivity index (χ3n) is 5.73. The summed E-state index contributed by atoms with van der Waals surface area (Å²) in [6.45, 7) is 9.70. The highest BCUT2D eigenvalue weighted by Gasteiger charge is 2.37. The van der Waals surface area contributed by atoms with Gasteiger partial charge in [-0.3, -0.25) is 9.59 Å². The second kappa shape index (κ2) is 14.9. The van der Waals surface area contributed by atoms with Crippen LogP contribution < -0.4 is 0 Å². The molecule has 1 aliphatic carbocycles. The van der Waals surface area contributed by atoms with Crippen LogP contribution in [-0.4, -0.2) is 25.2 Å². The van der Waals surface area contributed by atoms with E-state index in [1.165, 1.54) is 32.1 Å². The van der Waals surface area contributed by atoms with Crippen molar-refractivity contribution in [1.82, 2.24) is 0 Å². The normalized spacial score (nSPS) is 19.8. The number of carbonyl (C=O) groups excluding carboxylic acids is 2. The summed E-state index contributed by atoms with van der Waals surface area (Å²) in [6, 6.07) is 0. The average Bonchev–Trinajstić information content (AvgIpc) is 2.65. The molecule has 0 aromatic carbocycles. The molecule has 2 atom stereocenters. The second-order valence-electron chi connectivity index (χ2n) is 9.32. The van der Waals surface area contributed by atoms with E-state index in [1.54, 1.807) is 0 Å². The smallest absolute Gasteiger partial charge is 0.309 e. The molecule has 0 aliphatic heterocycles. The highest BCUT2D eigenvalue weighted by Crippen LogP contribution is 2.32. The molecular formula is C24H44O4. The molecule has 4 nitrogen and oxygen atoms in total. The van der Waals surface area contributed by atoms with Gasteiger partial charge in [-0.15, -0.1) is 0 Å². The van der Waals surface area contributed by atoms with Crippen molar-refractivity contribution in [3.63, 3.8) is 0 Å². The first-order chi connectivity index (χ1) is 13.4. The fourth-order valence-corrected chi connectivity index (χ4v) is 3.84. The summed E-state index contributed by atoms with van der Waals surface area (Å²) in [5.74, 6) is 0.294. The van der Waals surface area contributed by atoms with Crippen LogP contribution in [0.2, 0.25) is 0 Å². The Bertz CT molecular complexity index is 430. The quantitative estimate of drug-likeness (QED) is 0.255. The summed E-state index contributed by atoms with van der Waals surface area (Å²) in [5.41, 5.74) is 0. The van der Waals surface area contributed by atoms with Crippen molar-refractivity contribution in [2.24, 2.45) is 23.7 Å². The molecule has 0 aromatic heterocycles. The minimum absolute atomic E-state index is 0.192. The van der Waals surface area contributed by atoms with Gasteiger partial charge >= 0.3 is 11.9 Å². The van der Waals surface area contributed by atoms with Gasteiger partial charge in [0.05, 0.1) is 25.0 Å². The molecule has 28 heavy (non-hydrogen) atoms. The number of ether oxygens (including phenoxy) is 2. The molecule has 1 saturated carbocycles. The van der Waals surface area contributed by atoms with Crippen LogP contribution in [-0.2, 0) is 19.1 Å². The van der Waals surface area contributed by atoms with Gasteiger partial charge in [0.15, 0.2) is 0 Å². The van der Waals surface area contributed by atoms with Crippen LogP contribution in [0.3, 0.4) is 0 Å². The van der Waals surface area contributed by atoms with Crippen molar-refractivity contribution in [1.29, 1.82) is 0 Å². The third-order valence-corrected chi connectivity index (χ3v) is 5.73. The van der Waals surface area contributed by atoms with Crippen molar-refractivity contribution in [3.8, 4) is 0 Å². The summed E-state index contributed by atoms with van der Waals surface area (Å²) >= 11 is 0. The minimum atomic E-state index is -0.311. The Balaban J connectivity index is 2.20. The first-order valence-corrected chi connectivity index (χ1v) is 11.7. The molecule has 2 unspecified atom stereocenters. The minimum Gasteiger partial charge on any atom is -0.465 e. The van der Waals surface area contributed by atoms with Crippen LogP contribution in [0.4, 0.5) is 0 Å². The summed E-state index contributed by atoms with van der Waals surface area (Å²) in [4.78, 5) is 24.9. The van der Waals surface area contributed by atoms with E-state index < -0.39 is 0 Å². The zero-order valence-electron chi connectivity index (χ0n) is 18.8. The van der Waals surface area contributed by atoms with E-state index in [9.17, 15) is 9.59 Å². The van der Waals surface area contributed by atoms with E-state index in [4.69, 9.17) is 9.47 Å². The SMILES string of the molecule is CC(C)CCCCCCCCOC(=O)C1CCCCC1C(=O)OCCC(C)C. The third kappa shape index (κ3) is 11.1. The van der Waals surface area contributed by atoms with E-state index in [1.807, 2.05) is 0 Å². The lowest BCUT2D eigenvalue weighted by atomic mass is 9.79. The van der Waals surface area contributed by atoms with E-state index in [-0.39, 0.29) is 23.8 Å². The Labute approximate surface area is 173 Å². The number of hydrogen-bond acceptors (Lipinski definition) is 4. The van der Waals surface area contributed by atoms with Crippen LogP contribution in [0.1, 0.15) is 105 Å². The maximum absolute atomic E-state index is 12.5. The zero-order valence-corrected chi connectivity index (χ0v) is 18.8. The van der Waals surface area contributed by atoms with Crippen molar-refractivity contribution in [3.05, 3.63) is 0 Å². The molecule has 0 bridgehead atoms. The Kier molecular flexibility index (Phi) is 13.3.